The van der Waals surface area contributed by atoms with Crippen molar-refractivity contribution in [2.45, 2.75) is 51.6 Å². The molecule has 0 radical (unpaired) electrons. The highest BCUT2D eigenvalue weighted by molar-refractivity contribution is 7.99. The minimum Gasteiger partial charge on any atom is -0.352 e. The number of carbonyl (C=O) groups excluding carboxylic acids is 2. The summed E-state index contributed by atoms with van der Waals surface area (Å²) >= 11 is 13.7. The number of carbonyl (C=O) groups is 2. The van der Waals surface area contributed by atoms with Crippen LogP contribution in [-0.4, -0.2) is 34.6 Å². The summed E-state index contributed by atoms with van der Waals surface area (Å²) in [5, 5.41) is 4.30. The SMILES string of the molecule is CCC(C)NC(=O)C(C)N(Cc1ccc(Cl)cc1)C(=O)CSCc1ccccc1Cl. The Labute approximate surface area is 193 Å². The summed E-state index contributed by atoms with van der Waals surface area (Å²) in [6.07, 6.45) is 0.831. The van der Waals surface area contributed by atoms with Crippen LogP contribution in [0.3, 0.4) is 0 Å². The van der Waals surface area contributed by atoms with Gasteiger partial charge in [0, 0.05) is 28.4 Å². The summed E-state index contributed by atoms with van der Waals surface area (Å²) in [7, 11) is 0. The molecule has 2 atom stereocenters. The largest absolute Gasteiger partial charge is 0.352 e. The van der Waals surface area contributed by atoms with Gasteiger partial charge in [-0.05, 0) is 49.6 Å². The fourth-order valence-corrected chi connectivity index (χ4v) is 4.10. The zero-order valence-electron chi connectivity index (χ0n) is 17.5. The van der Waals surface area contributed by atoms with Crippen LogP contribution in [0.15, 0.2) is 48.5 Å². The third kappa shape index (κ3) is 7.53. The van der Waals surface area contributed by atoms with Crippen molar-refractivity contribution in [2.24, 2.45) is 0 Å². The maximum Gasteiger partial charge on any atom is 0.242 e. The lowest BCUT2D eigenvalue weighted by atomic mass is 10.1. The van der Waals surface area contributed by atoms with Crippen molar-refractivity contribution in [2.75, 3.05) is 5.75 Å². The van der Waals surface area contributed by atoms with E-state index in [0.717, 1.165) is 17.5 Å². The predicted octanol–water partition coefficient (Wildman–Crippen LogP) is 5.56. The van der Waals surface area contributed by atoms with Gasteiger partial charge in [0.15, 0.2) is 0 Å². The lowest BCUT2D eigenvalue weighted by molar-refractivity contribution is -0.138. The monoisotopic (exact) mass is 466 g/mol. The standard InChI is InChI=1S/C23H28Cl2N2O2S/c1-4-16(2)26-23(29)17(3)27(13-18-9-11-20(24)12-10-18)22(28)15-30-14-19-7-5-6-8-21(19)25/h5-12,16-17H,4,13-15H2,1-3H3,(H,26,29). The Morgan fingerprint density at radius 3 is 2.37 bits per heavy atom. The van der Waals surface area contributed by atoms with Gasteiger partial charge < -0.3 is 10.2 Å². The summed E-state index contributed by atoms with van der Waals surface area (Å²) in [5.41, 5.74) is 1.91. The molecule has 30 heavy (non-hydrogen) atoms. The Morgan fingerprint density at radius 2 is 1.73 bits per heavy atom. The van der Waals surface area contributed by atoms with Gasteiger partial charge in [0.05, 0.1) is 5.75 Å². The van der Waals surface area contributed by atoms with E-state index < -0.39 is 6.04 Å². The van der Waals surface area contributed by atoms with Crippen molar-refractivity contribution in [3.8, 4) is 0 Å². The van der Waals surface area contributed by atoms with Gasteiger partial charge >= 0.3 is 0 Å². The van der Waals surface area contributed by atoms with Crippen LogP contribution in [0.5, 0.6) is 0 Å². The number of hydrogen-bond acceptors (Lipinski definition) is 3. The molecule has 2 aromatic carbocycles. The second-order valence-corrected chi connectivity index (χ2v) is 9.06. The molecule has 2 unspecified atom stereocenters. The number of nitrogens with one attached hydrogen (secondary N) is 1. The molecule has 0 fully saturated rings. The van der Waals surface area contributed by atoms with Crippen molar-refractivity contribution < 1.29 is 9.59 Å². The van der Waals surface area contributed by atoms with Crippen LogP contribution in [0.4, 0.5) is 0 Å². The van der Waals surface area contributed by atoms with Crippen LogP contribution in [0.1, 0.15) is 38.3 Å². The fourth-order valence-electron chi connectivity index (χ4n) is 2.78. The highest BCUT2D eigenvalue weighted by Gasteiger charge is 2.26. The molecular formula is C23H28Cl2N2O2S. The molecule has 1 N–H and O–H groups in total. The van der Waals surface area contributed by atoms with Gasteiger partial charge in [-0.1, -0.05) is 60.5 Å². The van der Waals surface area contributed by atoms with Crippen LogP contribution in [-0.2, 0) is 21.9 Å². The molecule has 2 aromatic rings. The molecule has 0 heterocycles. The molecule has 7 heteroatoms. The maximum absolute atomic E-state index is 13.1. The molecule has 0 aromatic heterocycles. The average molecular weight is 467 g/mol. The Morgan fingerprint density at radius 1 is 1.07 bits per heavy atom. The van der Waals surface area contributed by atoms with E-state index in [1.807, 2.05) is 50.2 Å². The Kier molecular flexibility index (Phi) is 10.0. The summed E-state index contributed by atoms with van der Waals surface area (Å²) in [6, 6.07) is 14.4. The van der Waals surface area contributed by atoms with Crippen molar-refractivity contribution >= 4 is 46.8 Å². The van der Waals surface area contributed by atoms with Crippen LogP contribution in [0.25, 0.3) is 0 Å². The molecule has 0 spiro atoms. The summed E-state index contributed by atoms with van der Waals surface area (Å²) in [4.78, 5) is 27.4. The molecule has 0 bridgehead atoms. The Balaban J connectivity index is 2.08. The molecule has 0 aliphatic rings. The second kappa shape index (κ2) is 12.2. The van der Waals surface area contributed by atoms with Crippen LogP contribution in [0, 0.1) is 0 Å². The topological polar surface area (TPSA) is 49.4 Å². The highest BCUT2D eigenvalue weighted by Crippen LogP contribution is 2.22. The van der Waals surface area contributed by atoms with Crippen molar-refractivity contribution in [1.82, 2.24) is 10.2 Å². The molecule has 0 saturated heterocycles. The minimum atomic E-state index is -0.580. The maximum atomic E-state index is 13.1. The van der Waals surface area contributed by atoms with Gasteiger partial charge in [0.2, 0.25) is 11.8 Å². The zero-order chi connectivity index (χ0) is 22.1. The van der Waals surface area contributed by atoms with Crippen LogP contribution >= 0.6 is 35.0 Å². The molecular weight excluding hydrogens is 439 g/mol. The normalized spacial score (nSPS) is 12.8. The number of rotatable bonds is 10. The minimum absolute atomic E-state index is 0.0574. The van der Waals surface area contributed by atoms with E-state index in [2.05, 4.69) is 5.32 Å². The first-order valence-electron chi connectivity index (χ1n) is 9.97. The molecule has 4 nitrogen and oxygen atoms in total. The van der Waals surface area contributed by atoms with Gasteiger partial charge in [0.1, 0.15) is 6.04 Å². The number of halogens is 2. The Bertz CT molecular complexity index is 845. The second-order valence-electron chi connectivity index (χ2n) is 7.23. The smallest absolute Gasteiger partial charge is 0.242 e. The highest BCUT2D eigenvalue weighted by atomic mass is 35.5. The number of nitrogens with zero attached hydrogens (tertiary/aromatic N) is 1. The van der Waals surface area contributed by atoms with E-state index in [4.69, 9.17) is 23.2 Å². The number of hydrogen-bond donors (Lipinski definition) is 1. The number of amides is 2. The molecule has 0 aliphatic heterocycles. The van der Waals surface area contributed by atoms with E-state index in [1.54, 1.807) is 24.0 Å². The third-order valence-corrected chi connectivity index (χ3v) is 6.46. The third-order valence-electron chi connectivity index (χ3n) is 4.88. The van der Waals surface area contributed by atoms with Gasteiger partial charge in [-0.25, -0.2) is 0 Å². The molecule has 0 saturated carbocycles. The summed E-state index contributed by atoms with van der Waals surface area (Å²) < 4.78 is 0. The molecule has 2 amide bonds. The van der Waals surface area contributed by atoms with Crippen LogP contribution in [0.2, 0.25) is 10.0 Å². The number of thioether (sulfide) groups is 1. The van der Waals surface area contributed by atoms with Crippen molar-refractivity contribution in [3.05, 3.63) is 69.7 Å². The van der Waals surface area contributed by atoms with Crippen LogP contribution < -0.4 is 5.32 Å². The van der Waals surface area contributed by atoms with E-state index in [-0.39, 0.29) is 23.6 Å². The predicted molar refractivity (Wildman–Crippen MR) is 127 cm³/mol. The van der Waals surface area contributed by atoms with Gasteiger partial charge in [0.25, 0.3) is 0 Å². The Hall–Kier alpha value is -1.69. The van der Waals surface area contributed by atoms with Crippen molar-refractivity contribution in [1.29, 1.82) is 0 Å². The first-order valence-corrected chi connectivity index (χ1v) is 11.9. The quantitative estimate of drug-likeness (QED) is 0.498. The lowest BCUT2D eigenvalue weighted by Crippen LogP contribution is -2.50. The van der Waals surface area contributed by atoms with Crippen molar-refractivity contribution in [3.63, 3.8) is 0 Å². The molecule has 0 aliphatic carbocycles. The first kappa shape index (κ1) is 24.6. The van der Waals surface area contributed by atoms with E-state index in [0.29, 0.717) is 22.3 Å². The summed E-state index contributed by atoms with van der Waals surface area (Å²) in [6.45, 7) is 6.08. The molecule has 162 valence electrons. The lowest BCUT2D eigenvalue weighted by Gasteiger charge is -2.29. The fraction of sp³-hybridized carbons (Fsp3) is 0.391. The van der Waals surface area contributed by atoms with Gasteiger partial charge in [-0.3, -0.25) is 9.59 Å². The zero-order valence-corrected chi connectivity index (χ0v) is 19.9. The van der Waals surface area contributed by atoms with Gasteiger partial charge in [-0.15, -0.1) is 11.8 Å². The van der Waals surface area contributed by atoms with E-state index in [9.17, 15) is 9.59 Å². The van der Waals surface area contributed by atoms with E-state index >= 15 is 0 Å². The average Bonchev–Trinajstić information content (AvgIpc) is 2.73. The summed E-state index contributed by atoms with van der Waals surface area (Å²) in [5.74, 6) is 0.657. The first-order chi connectivity index (χ1) is 14.3. The van der Waals surface area contributed by atoms with E-state index in [1.165, 1.54) is 11.8 Å². The van der Waals surface area contributed by atoms with Gasteiger partial charge in [-0.2, -0.15) is 0 Å². The number of benzene rings is 2. The molecule has 2 rings (SSSR count).